The highest BCUT2D eigenvalue weighted by Gasteiger charge is 2.65. The Labute approximate surface area is 184 Å². The van der Waals surface area contributed by atoms with E-state index in [1.54, 1.807) is 0 Å². The summed E-state index contributed by atoms with van der Waals surface area (Å²) in [5.74, 6) is -7.89. The van der Waals surface area contributed by atoms with Gasteiger partial charge in [0, 0.05) is 18.8 Å². The topological polar surface area (TPSA) is 182 Å². The van der Waals surface area contributed by atoms with E-state index in [4.69, 9.17) is 5.73 Å². The van der Waals surface area contributed by atoms with Crippen molar-refractivity contribution < 1.29 is 41.3 Å². The number of carbonyl (C=O) groups excluding carboxylic acids is 3. The molecule has 0 radical (unpaired) electrons. The van der Waals surface area contributed by atoms with Gasteiger partial charge in [0.2, 0.25) is 5.78 Å². The fraction of sp³-hybridized carbons (Fsp3) is 0.409. The first-order chi connectivity index (χ1) is 14.8. The third kappa shape index (κ3) is 2.48. The number of phenols is 1. The summed E-state index contributed by atoms with van der Waals surface area (Å²) < 4.78 is 0. The number of nitrogens with two attached hydrogens (primary N) is 1. The molecule has 0 aliphatic heterocycles. The van der Waals surface area contributed by atoms with Crippen LogP contribution in [0.2, 0.25) is 0 Å². The Kier molecular flexibility index (Phi) is 4.57. The Morgan fingerprint density at radius 2 is 1.81 bits per heavy atom. The zero-order valence-corrected chi connectivity index (χ0v) is 17.7. The number of rotatable bonds is 2. The van der Waals surface area contributed by atoms with Gasteiger partial charge in [-0.15, -0.1) is 0 Å². The third-order valence-electron chi connectivity index (χ3n) is 7.02. The standard InChI is InChI=1S/C22H24N2O8.H2/c1-21(31)8-5-4-6-11(25)12(8)16(26)13-9(21)7-10-15(24(2)3)17(27)14(20(23)30)19(29)22(10,32)18(13)28;/h4-6,9-10,15,25,27-28,31-32H,7H2,1-3H3,(H2,23,30);1H/t9-,10-,15-,21+,22-;/m0./s1. The van der Waals surface area contributed by atoms with Crippen LogP contribution in [0.15, 0.2) is 40.9 Å². The molecule has 1 aromatic carbocycles. The number of aliphatic hydroxyl groups excluding tert-OH is 2. The molecule has 0 unspecified atom stereocenters. The van der Waals surface area contributed by atoms with Crippen molar-refractivity contribution >= 4 is 17.5 Å². The Morgan fingerprint density at radius 1 is 1.19 bits per heavy atom. The van der Waals surface area contributed by atoms with E-state index in [1.807, 2.05) is 0 Å². The Hall–Kier alpha value is -3.21. The van der Waals surface area contributed by atoms with E-state index in [0.717, 1.165) is 0 Å². The van der Waals surface area contributed by atoms with Crippen LogP contribution < -0.4 is 5.73 Å². The lowest BCUT2D eigenvalue weighted by Crippen LogP contribution is -2.65. The lowest BCUT2D eigenvalue weighted by molar-refractivity contribution is -0.151. The SMILES string of the molecule is CN(C)[C@@H]1C(O)=C(C(N)=O)C(=O)[C@@]2(O)C(O)=C3C(=O)c4c(O)cccc4[C@@](C)(O)[C@H]3C[C@@H]12.[HH]. The van der Waals surface area contributed by atoms with E-state index in [2.05, 4.69) is 0 Å². The van der Waals surface area contributed by atoms with E-state index in [9.17, 15) is 39.9 Å². The van der Waals surface area contributed by atoms with E-state index in [1.165, 1.54) is 44.1 Å². The molecule has 4 rings (SSSR count). The number of primary amides is 1. The maximum atomic E-state index is 13.3. The maximum absolute atomic E-state index is 13.3. The van der Waals surface area contributed by atoms with Crippen molar-refractivity contribution in [1.82, 2.24) is 4.90 Å². The number of Topliss-reactive ketones (excluding diaryl/α,β-unsaturated/α-hetero) is 2. The summed E-state index contributed by atoms with van der Waals surface area (Å²) in [7, 11) is 3.06. The molecular formula is C22H26N2O8. The van der Waals surface area contributed by atoms with Crippen LogP contribution in [0.4, 0.5) is 0 Å². The second-order valence-corrected chi connectivity index (χ2v) is 8.96. The number of likely N-dealkylation sites (N-methyl/N-ethyl adjacent to an activating group) is 1. The van der Waals surface area contributed by atoms with Gasteiger partial charge in [-0.25, -0.2) is 0 Å². The van der Waals surface area contributed by atoms with E-state index >= 15 is 0 Å². The highest BCUT2D eigenvalue weighted by molar-refractivity contribution is 6.24. The highest BCUT2D eigenvalue weighted by Crippen LogP contribution is 2.56. The second-order valence-electron chi connectivity index (χ2n) is 8.96. The number of amides is 1. The number of hydrogen-bond acceptors (Lipinski definition) is 9. The molecule has 32 heavy (non-hydrogen) atoms. The number of phenolic OH excluding ortho intramolecular Hbond substituents is 1. The summed E-state index contributed by atoms with van der Waals surface area (Å²) in [4.78, 5) is 39.9. The molecule has 5 atom stereocenters. The van der Waals surface area contributed by atoms with Crippen LogP contribution in [0, 0.1) is 11.8 Å². The molecule has 1 aromatic rings. The average molecular weight is 446 g/mol. The minimum Gasteiger partial charge on any atom is -0.510 e. The van der Waals surface area contributed by atoms with Gasteiger partial charge in [0.15, 0.2) is 11.4 Å². The maximum Gasteiger partial charge on any atom is 0.255 e. The fourth-order valence-electron chi connectivity index (χ4n) is 5.51. The number of aliphatic hydroxyl groups is 4. The molecule has 10 nitrogen and oxygen atoms in total. The minimum absolute atomic E-state index is 0. The number of benzene rings is 1. The van der Waals surface area contributed by atoms with Crippen LogP contribution in [0.1, 0.15) is 30.7 Å². The van der Waals surface area contributed by atoms with E-state index in [0.29, 0.717) is 0 Å². The molecule has 0 saturated heterocycles. The largest absolute Gasteiger partial charge is 0.510 e. The van der Waals surface area contributed by atoms with Crippen molar-refractivity contribution in [2.24, 2.45) is 17.6 Å². The predicted octanol–water partition coefficient (Wildman–Crippen LogP) is 0.0316. The van der Waals surface area contributed by atoms with E-state index in [-0.39, 0.29) is 19.0 Å². The monoisotopic (exact) mass is 446 g/mol. The number of hydrogen-bond donors (Lipinski definition) is 6. The number of nitrogens with zero attached hydrogens (tertiary/aromatic N) is 1. The number of carbonyl (C=O) groups is 3. The number of aromatic hydroxyl groups is 1. The van der Waals surface area contributed by atoms with Crippen molar-refractivity contribution in [1.29, 1.82) is 0 Å². The van der Waals surface area contributed by atoms with Crippen LogP contribution in [0.3, 0.4) is 0 Å². The average Bonchev–Trinajstić information content (AvgIpc) is 2.68. The minimum atomic E-state index is -2.75. The first-order valence-corrected chi connectivity index (χ1v) is 9.97. The van der Waals surface area contributed by atoms with Crippen molar-refractivity contribution in [3.05, 3.63) is 52.0 Å². The van der Waals surface area contributed by atoms with Crippen LogP contribution in [0.25, 0.3) is 0 Å². The Bertz CT molecular complexity index is 1160. The zero-order chi connectivity index (χ0) is 23.9. The van der Waals surface area contributed by atoms with Gasteiger partial charge in [-0.05, 0) is 39.1 Å². The fourth-order valence-corrected chi connectivity index (χ4v) is 5.51. The summed E-state index contributed by atoms with van der Waals surface area (Å²) in [6, 6.07) is 3.05. The smallest absolute Gasteiger partial charge is 0.255 e. The summed E-state index contributed by atoms with van der Waals surface area (Å²) in [6.45, 7) is 1.40. The molecule has 3 aliphatic carbocycles. The van der Waals surface area contributed by atoms with Crippen LogP contribution >= 0.6 is 0 Å². The lowest BCUT2D eigenvalue weighted by atomic mass is 9.55. The predicted molar refractivity (Wildman–Crippen MR) is 112 cm³/mol. The first-order valence-electron chi connectivity index (χ1n) is 9.97. The van der Waals surface area contributed by atoms with Crippen molar-refractivity contribution in [3.63, 3.8) is 0 Å². The van der Waals surface area contributed by atoms with E-state index < -0.39 is 75.0 Å². The van der Waals surface area contributed by atoms with Crippen molar-refractivity contribution in [2.75, 3.05) is 14.1 Å². The molecule has 0 saturated carbocycles. The van der Waals surface area contributed by atoms with Crippen molar-refractivity contribution in [2.45, 2.75) is 30.6 Å². The van der Waals surface area contributed by atoms with Gasteiger partial charge in [0.1, 0.15) is 22.8 Å². The van der Waals surface area contributed by atoms with Gasteiger partial charge in [0.05, 0.1) is 17.2 Å². The molecule has 0 bridgehead atoms. The molecular weight excluding hydrogens is 420 g/mol. The first kappa shape index (κ1) is 22.0. The number of ketones is 2. The zero-order valence-electron chi connectivity index (χ0n) is 17.7. The molecule has 0 heterocycles. The van der Waals surface area contributed by atoms with Gasteiger partial charge in [-0.1, -0.05) is 12.1 Å². The summed E-state index contributed by atoms with van der Waals surface area (Å²) >= 11 is 0. The molecule has 0 aromatic heterocycles. The van der Waals surface area contributed by atoms with Gasteiger partial charge in [0.25, 0.3) is 5.91 Å². The lowest BCUT2D eigenvalue weighted by Gasteiger charge is -2.52. The summed E-state index contributed by atoms with van der Waals surface area (Å²) in [5, 5.41) is 55.0. The molecule has 1 amide bonds. The Balaban J connectivity index is 0.00000306. The summed E-state index contributed by atoms with van der Waals surface area (Å²) in [6.07, 6.45) is -0.200. The molecule has 172 valence electrons. The Morgan fingerprint density at radius 3 is 2.38 bits per heavy atom. The molecule has 7 N–H and O–H groups in total. The highest BCUT2D eigenvalue weighted by atomic mass is 16.3. The molecule has 0 spiro atoms. The quantitative estimate of drug-likeness (QED) is 0.341. The third-order valence-corrected chi connectivity index (χ3v) is 7.02. The molecule has 0 fully saturated rings. The van der Waals surface area contributed by atoms with Crippen molar-refractivity contribution in [3.8, 4) is 5.75 Å². The van der Waals surface area contributed by atoms with Crippen LogP contribution in [0.5, 0.6) is 5.75 Å². The normalized spacial score (nSPS) is 34.4. The molecule has 3 aliphatic rings. The van der Waals surface area contributed by atoms with Gasteiger partial charge in [-0.3, -0.25) is 19.3 Å². The van der Waals surface area contributed by atoms with Crippen LogP contribution in [-0.2, 0) is 15.2 Å². The second kappa shape index (κ2) is 6.64. The van der Waals surface area contributed by atoms with Gasteiger partial charge >= 0.3 is 0 Å². The van der Waals surface area contributed by atoms with Crippen LogP contribution in [-0.4, -0.2) is 73.6 Å². The van der Waals surface area contributed by atoms with Gasteiger partial charge in [-0.2, -0.15) is 0 Å². The van der Waals surface area contributed by atoms with Gasteiger partial charge < -0.3 is 31.3 Å². The summed E-state index contributed by atoms with van der Waals surface area (Å²) in [5.41, 5.74) is -0.654. The number of fused-ring (bicyclic) bond motifs is 3. The molecule has 10 heteroatoms.